The molecule has 0 radical (unpaired) electrons. The molecule has 0 saturated heterocycles. The van der Waals surface area contributed by atoms with E-state index in [0.717, 1.165) is 31.2 Å². The minimum Gasteiger partial charge on any atom is -0.445 e. The van der Waals surface area contributed by atoms with Crippen LogP contribution in [0.15, 0.2) is 30.3 Å². The quantitative estimate of drug-likeness (QED) is 0.816. The van der Waals surface area contributed by atoms with Crippen LogP contribution < -0.4 is 11.1 Å². The van der Waals surface area contributed by atoms with Gasteiger partial charge in [-0.15, -0.1) is 0 Å². The maximum atomic E-state index is 12.6. The van der Waals surface area contributed by atoms with E-state index in [9.17, 15) is 9.59 Å². The molecule has 1 aromatic rings. The molecule has 0 bridgehead atoms. The Labute approximate surface area is 156 Å². The maximum Gasteiger partial charge on any atom is 0.407 e. The number of hydrogen-bond acceptors (Lipinski definition) is 4. The van der Waals surface area contributed by atoms with Gasteiger partial charge in [0.1, 0.15) is 6.61 Å². The third-order valence-electron chi connectivity index (χ3n) is 4.80. The Balaban J connectivity index is 2.00. The number of carbonyl (C=O) groups excluding carboxylic acids is 2. The number of hydrogen-bond donors (Lipinski definition) is 2. The third kappa shape index (κ3) is 5.46. The molecule has 144 valence electrons. The zero-order chi connectivity index (χ0) is 19.1. The number of carbonyl (C=O) groups is 2. The van der Waals surface area contributed by atoms with Gasteiger partial charge in [-0.3, -0.25) is 4.79 Å². The molecule has 6 heteroatoms. The van der Waals surface area contributed by atoms with Crippen LogP contribution in [0.1, 0.15) is 52.0 Å². The first kappa shape index (κ1) is 20.2. The van der Waals surface area contributed by atoms with Gasteiger partial charge >= 0.3 is 6.09 Å². The Morgan fingerprint density at radius 1 is 1.19 bits per heavy atom. The first-order chi connectivity index (χ1) is 12.4. The summed E-state index contributed by atoms with van der Waals surface area (Å²) in [5.41, 5.74) is 6.78. The highest BCUT2D eigenvalue weighted by Crippen LogP contribution is 2.25. The fourth-order valence-corrected chi connectivity index (χ4v) is 3.56. The van der Waals surface area contributed by atoms with Crippen molar-refractivity contribution in [3.63, 3.8) is 0 Å². The second kappa shape index (κ2) is 9.57. The van der Waals surface area contributed by atoms with Gasteiger partial charge in [0.25, 0.3) is 0 Å². The summed E-state index contributed by atoms with van der Waals surface area (Å²) in [6.07, 6.45) is 3.32. The Hall–Kier alpha value is -2.08. The summed E-state index contributed by atoms with van der Waals surface area (Å²) in [7, 11) is 0. The number of alkyl carbamates (subject to hydrolysis) is 1. The Morgan fingerprint density at radius 3 is 2.46 bits per heavy atom. The van der Waals surface area contributed by atoms with Crippen molar-refractivity contribution in [2.75, 3.05) is 0 Å². The average molecular weight is 361 g/mol. The molecule has 0 heterocycles. The zero-order valence-electron chi connectivity index (χ0n) is 16.0. The number of nitrogens with zero attached hydrogens (tertiary/aromatic N) is 1. The lowest BCUT2D eigenvalue weighted by atomic mass is 9.88. The molecule has 26 heavy (non-hydrogen) atoms. The highest BCUT2D eigenvalue weighted by Gasteiger charge is 2.36. The number of ether oxygens (including phenoxy) is 1. The molecule has 1 aliphatic carbocycles. The van der Waals surface area contributed by atoms with Gasteiger partial charge in [-0.1, -0.05) is 43.2 Å². The predicted octanol–water partition coefficient (Wildman–Crippen LogP) is 2.81. The second-order valence-electron chi connectivity index (χ2n) is 7.29. The van der Waals surface area contributed by atoms with E-state index in [-0.39, 0.29) is 30.6 Å². The van der Waals surface area contributed by atoms with Crippen LogP contribution in [0.5, 0.6) is 0 Å². The highest BCUT2D eigenvalue weighted by atomic mass is 16.5. The summed E-state index contributed by atoms with van der Waals surface area (Å²) in [6.45, 7) is 5.91. The van der Waals surface area contributed by atoms with E-state index in [2.05, 4.69) is 5.32 Å². The molecular weight excluding hydrogens is 330 g/mol. The summed E-state index contributed by atoms with van der Waals surface area (Å²) in [6, 6.07) is 8.89. The van der Waals surface area contributed by atoms with Crippen LogP contribution in [0.3, 0.4) is 0 Å². The first-order valence-electron chi connectivity index (χ1n) is 9.45. The minimum atomic E-state index is -0.551. The number of rotatable bonds is 6. The molecular formula is C20H31N3O3. The molecule has 2 rings (SSSR count). The van der Waals surface area contributed by atoms with Crippen LogP contribution in [0.4, 0.5) is 4.79 Å². The van der Waals surface area contributed by atoms with Crippen LogP contribution in [0.2, 0.25) is 0 Å². The summed E-state index contributed by atoms with van der Waals surface area (Å²) in [4.78, 5) is 26.7. The van der Waals surface area contributed by atoms with Gasteiger partial charge in [0, 0.05) is 6.04 Å². The van der Waals surface area contributed by atoms with E-state index in [1.54, 1.807) is 6.92 Å². The van der Waals surface area contributed by atoms with E-state index in [4.69, 9.17) is 10.5 Å². The van der Waals surface area contributed by atoms with E-state index in [0.29, 0.717) is 0 Å². The smallest absolute Gasteiger partial charge is 0.407 e. The molecule has 3 N–H and O–H groups in total. The summed E-state index contributed by atoms with van der Waals surface area (Å²) in [5, 5.41) is 2.97. The fourth-order valence-electron chi connectivity index (χ4n) is 3.56. The topological polar surface area (TPSA) is 84.7 Å². The van der Waals surface area contributed by atoms with Gasteiger partial charge in [-0.25, -0.2) is 4.79 Å². The molecule has 0 unspecified atom stereocenters. The minimum absolute atomic E-state index is 0.0289. The van der Waals surface area contributed by atoms with Crippen LogP contribution in [0, 0.1) is 0 Å². The fraction of sp³-hybridized carbons (Fsp3) is 0.600. The molecule has 1 aliphatic rings. The second-order valence-corrected chi connectivity index (χ2v) is 7.29. The van der Waals surface area contributed by atoms with Crippen molar-refractivity contribution >= 4 is 12.0 Å². The lowest BCUT2D eigenvalue weighted by molar-refractivity contribution is -0.138. The molecule has 1 aromatic carbocycles. The number of nitrogens with two attached hydrogens (primary N) is 1. The van der Waals surface area contributed by atoms with Crippen molar-refractivity contribution in [2.24, 2.45) is 5.73 Å². The van der Waals surface area contributed by atoms with E-state index in [1.165, 1.54) is 0 Å². The van der Waals surface area contributed by atoms with Crippen LogP contribution >= 0.6 is 0 Å². The third-order valence-corrected chi connectivity index (χ3v) is 4.80. The zero-order valence-corrected chi connectivity index (χ0v) is 16.0. The van der Waals surface area contributed by atoms with E-state index < -0.39 is 12.1 Å². The van der Waals surface area contributed by atoms with Crippen molar-refractivity contribution in [2.45, 2.75) is 77.2 Å². The Bertz CT molecular complexity index is 589. The van der Waals surface area contributed by atoms with Gasteiger partial charge in [-0.2, -0.15) is 0 Å². The van der Waals surface area contributed by atoms with Crippen LogP contribution in [-0.4, -0.2) is 41.1 Å². The van der Waals surface area contributed by atoms with Crippen molar-refractivity contribution in [3.8, 4) is 0 Å². The molecule has 6 nitrogen and oxygen atoms in total. The van der Waals surface area contributed by atoms with Crippen molar-refractivity contribution in [1.82, 2.24) is 10.2 Å². The van der Waals surface area contributed by atoms with Crippen molar-refractivity contribution in [3.05, 3.63) is 35.9 Å². The van der Waals surface area contributed by atoms with Gasteiger partial charge in [0.2, 0.25) is 5.91 Å². The van der Waals surface area contributed by atoms with Gasteiger partial charge < -0.3 is 20.7 Å². The van der Waals surface area contributed by atoms with Crippen LogP contribution in [-0.2, 0) is 16.1 Å². The van der Waals surface area contributed by atoms with E-state index in [1.807, 2.05) is 49.1 Å². The molecule has 0 aliphatic heterocycles. The Morgan fingerprint density at radius 2 is 1.85 bits per heavy atom. The summed E-state index contributed by atoms with van der Waals surface area (Å²) in [5.74, 6) is -0.0728. The van der Waals surface area contributed by atoms with Crippen molar-refractivity contribution < 1.29 is 14.3 Å². The van der Waals surface area contributed by atoms with Gasteiger partial charge in [-0.05, 0) is 39.2 Å². The Kier molecular flexibility index (Phi) is 7.45. The van der Waals surface area contributed by atoms with Gasteiger partial charge in [0.15, 0.2) is 0 Å². The number of benzene rings is 1. The largest absolute Gasteiger partial charge is 0.445 e. The SMILES string of the molecule is CC(C)N(C(=O)[C@H](C)N)[C@@H]1CCCC[C@H]1NC(=O)OCc1ccccc1. The van der Waals surface area contributed by atoms with Crippen molar-refractivity contribution in [1.29, 1.82) is 0 Å². The molecule has 1 saturated carbocycles. The maximum absolute atomic E-state index is 12.6. The first-order valence-corrected chi connectivity index (χ1v) is 9.45. The standard InChI is InChI=1S/C20H31N3O3/c1-14(2)23(19(24)15(3)21)18-12-8-7-11-17(18)22-20(25)26-13-16-9-5-4-6-10-16/h4-6,9-10,14-15,17-18H,7-8,11-13,21H2,1-3H3,(H,22,25)/t15-,17+,18+/m0/s1. The lowest BCUT2D eigenvalue weighted by Crippen LogP contribution is -2.59. The van der Waals surface area contributed by atoms with E-state index >= 15 is 0 Å². The normalized spacial score (nSPS) is 21.1. The predicted molar refractivity (Wildman–Crippen MR) is 101 cm³/mol. The number of amides is 2. The number of nitrogens with one attached hydrogen (secondary N) is 1. The highest BCUT2D eigenvalue weighted by molar-refractivity contribution is 5.82. The molecule has 3 atom stereocenters. The lowest BCUT2D eigenvalue weighted by Gasteiger charge is -2.43. The molecule has 0 spiro atoms. The molecule has 0 aromatic heterocycles. The van der Waals surface area contributed by atoms with Crippen LogP contribution in [0.25, 0.3) is 0 Å². The molecule has 2 amide bonds. The van der Waals surface area contributed by atoms with Gasteiger partial charge in [0.05, 0.1) is 18.1 Å². The summed E-state index contributed by atoms with van der Waals surface area (Å²) >= 11 is 0. The monoisotopic (exact) mass is 361 g/mol. The summed E-state index contributed by atoms with van der Waals surface area (Å²) < 4.78 is 5.35. The average Bonchev–Trinajstić information content (AvgIpc) is 2.62. The molecule has 1 fully saturated rings.